The van der Waals surface area contributed by atoms with Crippen LogP contribution in [0.4, 0.5) is 0 Å². The van der Waals surface area contributed by atoms with E-state index in [9.17, 15) is 9.59 Å². The van der Waals surface area contributed by atoms with Gasteiger partial charge in [-0.2, -0.15) is 0 Å². The Morgan fingerprint density at radius 2 is 1.60 bits per heavy atom. The van der Waals surface area contributed by atoms with Crippen LogP contribution in [-0.2, 0) is 11.2 Å². The summed E-state index contributed by atoms with van der Waals surface area (Å²) in [5, 5.41) is 11.4. The van der Waals surface area contributed by atoms with Crippen LogP contribution < -0.4 is 11.1 Å². The number of benzene rings is 2. The minimum absolute atomic E-state index is 0.0483. The lowest BCUT2D eigenvalue weighted by molar-refractivity contribution is -0.123. The second-order valence-electron chi connectivity index (χ2n) is 5.91. The van der Waals surface area contributed by atoms with Gasteiger partial charge in [0, 0.05) is 12.1 Å². The highest BCUT2D eigenvalue weighted by Gasteiger charge is 2.18. The lowest BCUT2D eigenvalue weighted by atomic mass is 10.0. The van der Waals surface area contributed by atoms with Gasteiger partial charge in [0.15, 0.2) is 5.78 Å². The summed E-state index contributed by atoms with van der Waals surface area (Å²) in [6.45, 7) is 1.46. The number of ketones is 1. The van der Waals surface area contributed by atoms with Crippen molar-refractivity contribution in [2.45, 2.75) is 25.8 Å². The van der Waals surface area contributed by atoms with Crippen LogP contribution in [0.25, 0.3) is 11.1 Å². The summed E-state index contributed by atoms with van der Waals surface area (Å²) in [5.74, 6) is -0.887. The lowest BCUT2D eigenvalue weighted by Gasteiger charge is -2.14. The van der Waals surface area contributed by atoms with E-state index < -0.39 is 18.4 Å². The molecule has 2 aromatic rings. The fourth-order valence-corrected chi connectivity index (χ4v) is 2.59. The molecule has 25 heavy (non-hydrogen) atoms. The van der Waals surface area contributed by atoms with Crippen LogP contribution in [0.15, 0.2) is 48.5 Å². The summed E-state index contributed by atoms with van der Waals surface area (Å²) >= 11 is 0. The third-order valence-electron chi connectivity index (χ3n) is 4.06. The van der Waals surface area contributed by atoms with Gasteiger partial charge < -0.3 is 16.2 Å². The molecule has 1 atom stereocenters. The Balaban J connectivity index is 2.08. The number of nitrogens with two attached hydrogens (primary N) is 1. The molecule has 0 aliphatic rings. The highest BCUT2D eigenvalue weighted by molar-refractivity contribution is 5.98. The molecule has 132 valence electrons. The first-order chi connectivity index (χ1) is 12.1. The fourth-order valence-electron chi connectivity index (χ4n) is 2.59. The quantitative estimate of drug-likeness (QED) is 0.684. The van der Waals surface area contributed by atoms with Crippen molar-refractivity contribution in [3.05, 3.63) is 59.7 Å². The van der Waals surface area contributed by atoms with Crippen molar-refractivity contribution in [2.24, 2.45) is 5.73 Å². The second-order valence-corrected chi connectivity index (χ2v) is 5.91. The molecular weight excluding hydrogens is 316 g/mol. The molecule has 0 unspecified atom stereocenters. The molecule has 5 nitrogen and oxygen atoms in total. The number of aliphatic hydroxyl groups excluding tert-OH is 1. The average molecular weight is 340 g/mol. The minimum Gasteiger partial charge on any atom is -0.388 e. The number of hydrogen-bond acceptors (Lipinski definition) is 4. The van der Waals surface area contributed by atoms with Crippen LogP contribution in [0.3, 0.4) is 0 Å². The van der Waals surface area contributed by atoms with Gasteiger partial charge >= 0.3 is 0 Å². The van der Waals surface area contributed by atoms with E-state index >= 15 is 0 Å². The predicted octanol–water partition coefficient (Wildman–Crippen LogP) is 1.92. The van der Waals surface area contributed by atoms with Gasteiger partial charge in [0.2, 0.25) is 0 Å². The number of amides is 1. The standard InChI is InChI=1S/C20H24N2O3/c1-2-3-14-4-6-15(7-5-14)16-8-10-17(11-9-16)20(25)22-18(12-21)19(24)13-23/h4-11,18,23H,2-3,12-13,21H2,1H3,(H,22,25)/t18-/m0/s1. The molecule has 4 N–H and O–H groups in total. The fraction of sp³-hybridized carbons (Fsp3) is 0.300. The van der Waals surface area contributed by atoms with E-state index in [-0.39, 0.29) is 12.5 Å². The van der Waals surface area contributed by atoms with Crippen LogP contribution in [0, 0.1) is 0 Å². The smallest absolute Gasteiger partial charge is 0.251 e. The molecule has 0 saturated carbocycles. The Morgan fingerprint density at radius 1 is 1.04 bits per heavy atom. The third kappa shape index (κ3) is 4.98. The van der Waals surface area contributed by atoms with Gasteiger partial charge in [0.25, 0.3) is 5.91 Å². The zero-order chi connectivity index (χ0) is 18.2. The van der Waals surface area contributed by atoms with Crippen molar-refractivity contribution in [1.29, 1.82) is 0 Å². The first-order valence-corrected chi connectivity index (χ1v) is 8.43. The van der Waals surface area contributed by atoms with Crippen LogP contribution in [0.1, 0.15) is 29.3 Å². The molecule has 0 aromatic heterocycles. The molecule has 2 aromatic carbocycles. The number of aliphatic hydroxyl groups is 1. The predicted molar refractivity (Wildman–Crippen MR) is 98.3 cm³/mol. The number of nitrogens with one attached hydrogen (secondary N) is 1. The van der Waals surface area contributed by atoms with Crippen molar-refractivity contribution >= 4 is 11.7 Å². The summed E-state index contributed by atoms with van der Waals surface area (Å²) < 4.78 is 0. The number of rotatable bonds is 8. The molecule has 0 bridgehead atoms. The number of aryl methyl sites for hydroxylation is 1. The lowest BCUT2D eigenvalue weighted by Crippen LogP contribution is -2.46. The minimum atomic E-state index is -0.872. The van der Waals surface area contributed by atoms with Crippen molar-refractivity contribution in [2.75, 3.05) is 13.2 Å². The van der Waals surface area contributed by atoms with Crippen LogP contribution in [0.2, 0.25) is 0 Å². The number of carbonyl (C=O) groups is 2. The van der Waals surface area contributed by atoms with E-state index in [1.54, 1.807) is 12.1 Å². The summed E-state index contributed by atoms with van der Waals surface area (Å²) in [6.07, 6.45) is 2.18. The normalized spacial score (nSPS) is 11.8. The summed E-state index contributed by atoms with van der Waals surface area (Å²) in [4.78, 5) is 23.7. The van der Waals surface area contributed by atoms with Gasteiger partial charge in [-0.25, -0.2) is 0 Å². The van der Waals surface area contributed by atoms with Gasteiger partial charge in [-0.3, -0.25) is 9.59 Å². The number of carbonyl (C=O) groups excluding carboxylic acids is 2. The third-order valence-corrected chi connectivity index (χ3v) is 4.06. The number of Topliss-reactive ketones (excluding diaryl/α,β-unsaturated/α-hetero) is 1. The second kappa shape index (κ2) is 9.11. The number of hydrogen-bond donors (Lipinski definition) is 3. The van der Waals surface area contributed by atoms with Gasteiger partial charge in [-0.1, -0.05) is 49.7 Å². The largest absolute Gasteiger partial charge is 0.388 e. The van der Waals surface area contributed by atoms with E-state index in [4.69, 9.17) is 10.8 Å². The molecule has 0 fully saturated rings. The molecule has 0 radical (unpaired) electrons. The molecule has 0 heterocycles. The van der Waals surface area contributed by atoms with Gasteiger partial charge in [0.1, 0.15) is 12.6 Å². The highest BCUT2D eigenvalue weighted by atomic mass is 16.3. The molecule has 0 spiro atoms. The van der Waals surface area contributed by atoms with Crippen LogP contribution in [-0.4, -0.2) is 36.0 Å². The molecule has 2 rings (SSSR count). The van der Waals surface area contributed by atoms with E-state index in [0.29, 0.717) is 5.56 Å². The molecule has 0 saturated heterocycles. The average Bonchev–Trinajstić information content (AvgIpc) is 2.66. The monoisotopic (exact) mass is 340 g/mol. The maximum Gasteiger partial charge on any atom is 0.251 e. The Bertz CT molecular complexity index is 709. The Labute approximate surface area is 147 Å². The van der Waals surface area contributed by atoms with Crippen molar-refractivity contribution < 1.29 is 14.7 Å². The SMILES string of the molecule is CCCc1ccc(-c2ccc(C(=O)N[C@@H](CN)C(=O)CO)cc2)cc1. The molecule has 5 heteroatoms. The maximum absolute atomic E-state index is 12.2. The summed E-state index contributed by atoms with van der Waals surface area (Å²) in [5.41, 5.74) is 9.31. The summed E-state index contributed by atoms with van der Waals surface area (Å²) in [6, 6.07) is 14.7. The van der Waals surface area contributed by atoms with E-state index in [2.05, 4.69) is 36.5 Å². The van der Waals surface area contributed by atoms with Crippen molar-refractivity contribution in [3.63, 3.8) is 0 Å². The molecule has 0 aliphatic carbocycles. The first kappa shape index (κ1) is 18.8. The zero-order valence-corrected chi connectivity index (χ0v) is 14.4. The van der Waals surface area contributed by atoms with Crippen molar-refractivity contribution in [3.8, 4) is 11.1 Å². The van der Waals surface area contributed by atoms with Gasteiger partial charge in [0.05, 0.1) is 0 Å². The molecule has 1 amide bonds. The maximum atomic E-state index is 12.2. The van der Waals surface area contributed by atoms with Crippen LogP contribution >= 0.6 is 0 Å². The van der Waals surface area contributed by atoms with E-state index in [1.807, 2.05) is 12.1 Å². The van der Waals surface area contributed by atoms with E-state index in [0.717, 1.165) is 24.0 Å². The zero-order valence-electron chi connectivity index (χ0n) is 14.4. The van der Waals surface area contributed by atoms with Crippen LogP contribution in [0.5, 0.6) is 0 Å². The Morgan fingerprint density at radius 3 is 2.08 bits per heavy atom. The molecule has 0 aliphatic heterocycles. The van der Waals surface area contributed by atoms with Crippen molar-refractivity contribution in [1.82, 2.24) is 5.32 Å². The summed E-state index contributed by atoms with van der Waals surface area (Å²) in [7, 11) is 0. The Hall–Kier alpha value is -2.50. The molecular formula is C20H24N2O3. The highest BCUT2D eigenvalue weighted by Crippen LogP contribution is 2.21. The van der Waals surface area contributed by atoms with E-state index in [1.165, 1.54) is 5.56 Å². The Kier molecular flexibility index (Phi) is 6.86. The van der Waals surface area contributed by atoms with Gasteiger partial charge in [-0.05, 0) is 35.2 Å². The topological polar surface area (TPSA) is 92.4 Å². The van der Waals surface area contributed by atoms with Gasteiger partial charge in [-0.15, -0.1) is 0 Å². The first-order valence-electron chi connectivity index (χ1n) is 8.43.